The zero-order valence-electron chi connectivity index (χ0n) is 25.5. The molecule has 0 bridgehead atoms. The number of benzene rings is 3. The van der Waals surface area contributed by atoms with Crippen molar-refractivity contribution in [1.29, 1.82) is 0 Å². The van der Waals surface area contributed by atoms with Crippen LogP contribution in [0.15, 0.2) is 76.5 Å². The van der Waals surface area contributed by atoms with Gasteiger partial charge in [0.05, 0.1) is 17.2 Å². The van der Waals surface area contributed by atoms with Crippen LogP contribution in [-0.4, -0.2) is 57.1 Å². The minimum Gasteiger partial charge on any atom is -0.494 e. The van der Waals surface area contributed by atoms with Crippen LogP contribution < -0.4 is 14.4 Å². The number of ether oxygens (including phenoxy) is 1. The SMILES string of the molecule is CCOc1ccc(N(CC(=O)N(Cc2c(Cl)cccc2Cl)[C@H](CC)C(=O)NCC(C)C)S(=O)(=O)c2ccc(SC)cc2)cc1. The Kier molecular flexibility index (Phi) is 13.3. The first-order valence-corrected chi connectivity index (χ1v) is 17.7. The average Bonchev–Trinajstić information content (AvgIpc) is 3.00. The average molecular weight is 681 g/mol. The Hall–Kier alpha value is -2.92. The zero-order chi connectivity index (χ0) is 32.4. The Morgan fingerprint density at radius 2 is 1.57 bits per heavy atom. The number of rotatable bonds is 15. The summed E-state index contributed by atoms with van der Waals surface area (Å²) in [6.45, 7) is 7.78. The highest BCUT2D eigenvalue weighted by Crippen LogP contribution is 2.30. The zero-order valence-corrected chi connectivity index (χ0v) is 28.7. The molecule has 0 aromatic heterocycles. The molecule has 0 spiro atoms. The van der Waals surface area contributed by atoms with Gasteiger partial charge in [0.15, 0.2) is 0 Å². The highest BCUT2D eigenvalue weighted by molar-refractivity contribution is 7.98. The summed E-state index contributed by atoms with van der Waals surface area (Å²) < 4.78 is 34.8. The minimum absolute atomic E-state index is 0.0272. The third-order valence-corrected chi connectivity index (χ3v) is 10.1. The minimum atomic E-state index is -4.21. The summed E-state index contributed by atoms with van der Waals surface area (Å²) in [7, 11) is -4.21. The number of hydrogen-bond acceptors (Lipinski definition) is 6. The molecule has 1 atom stereocenters. The molecule has 0 heterocycles. The van der Waals surface area contributed by atoms with Crippen molar-refractivity contribution >= 4 is 62.5 Å². The van der Waals surface area contributed by atoms with Gasteiger partial charge in [0.25, 0.3) is 10.0 Å². The van der Waals surface area contributed by atoms with Crippen molar-refractivity contribution in [2.75, 3.05) is 30.3 Å². The molecule has 0 fully saturated rings. The molecule has 0 aliphatic rings. The van der Waals surface area contributed by atoms with E-state index in [1.165, 1.54) is 28.8 Å². The molecular formula is C32H39Cl2N3O5S2. The van der Waals surface area contributed by atoms with Crippen molar-refractivity contribution in [3.05, 3.63) is 82.3 Å². The second-order valence-corrected chi connectivity index (χ2v) is 14.0. The van der Waals surface area contributed by atoms with Gasteiger partial charge >= 0.3 is 0 Å². The van der Waals surface area contributed by atoms with Crippen LogP contribution >= 0.6 is 35.0 Å². The number of thioether (sulfide) groups is 1. The second kappa shape index (κ2) is 16.4. The third-order valence-electron chi connectivity index (χ3n) is 6.82. The van der Waals surface area contributed by atoms with Gasteiger partial charge in [-0.2, -0.15) is 0 Å². The first kappa shape index (κ1) is 35.6. The number of anilines is 1. The van der Waals surface area contributed by atoms with E-state index in [9.17, 15) is 18.0 Å². The Bertz CT molecular complexity index is 1500. The number of carbonyl (C=O) groups is 2. The number of halogens is 2. The normalized spacial score (nSPS) is 12.1. The molecule has 3 aromatic carbocycles. The van der Waals surface area contributed by atoms with E-state index in [2.05, 4.69) is 5.32 Å². The summed E-state index contributed by atoms with van der Waals surface area (Å²) in [6.07, 6.45) is 2.18. The van der Waals surface area contributed by atoms with Crippen LogP contribution in [0.1, 0.15) is 39.7 Å². The van der Waals surface area contributed by atoms with Gasteiger partial charge < -0.3 is 15.0 Å². The largest absolute Gasteiger partial charge is 0.494 e. The van der Waals surface area contributed by atoms with Gasteiger partial charge in [-0.05, 0) is 86.2 Å². The lowest BCUT2D eigenvalue weighted by Crippen LogP contribution is -2.52. The molecule has 0 aliphatic carbocycles. The lowest BCUT2D eigenvalue weighted by molar-refractivity contribution is -0.140. The van der Waals surface area contributed by atoms with E-state index in [1.807, 2.05) is 27.0 Å². The Morgan fingerprint density at radius 3 is 2.09 bits per heavy atom. The van der Waals surface area contributed by atoms with Crippen LogP contribution in [0.25, 0.3) is 0 Å². The van der Waals surface area contributed by atoms with Gasteiger partial charge in [-0.1, -0.05) is 50.0 Å². The first-order chi connectivity index (χ1) is 20.9. The predicted octanol–water partition coefficient (Wildman–Crippen LogP) is 6.89. The van der Waals surface area contributed by atoms with Gasteiger partial charge in [-0.25, -0.2) is 8.42 Å². The predicted molar refractivity (Wildman–Crippen MR) is 179 cm³/mol. The summed E-state index contributed by atoms with van der Waals surface area (Å²) in [5.41, 5.74) is 0.728. The Morgan fingerprint density at radius 1 is 0.955 bits per heavy atom. The Labute approximate surface area is 275 Å². The smallest absolute Gasteiger partial charge is 0.264 e. The number of carbonyl (C=O) groups excluding carboxylic acids is 2. The van der Waals surface area contributed by atoms with Crippen molar-refractivity contribution in [1.82, 2.24) is 10.2 Å². The maximum absolute atomic E-state index is 14.3. The van der Waals surface area contributed by atoms with Gasteiger partial charge in [-0.15, -0.1) is 11.8 Å². The van der Waals surface area contributed by atoms with Crippen LogP contribution in [0.5, 0.6) is 5.75 Å². The van der Waals surface area contributed by atoms with Gasteiger partial charge in [0.2, 0.25) is 11.8 Å². The van der Waals surface area contributed by atoms with Crippen LogP contribution in [-0.2, 0) is 26.2 Å². The molecule has 44 heavy (non-hydrogen) atoms. The molecule has 2 amide bonds. The molecule has 238 valence electrons. The highest BCUT2D eigenvalue weighted by atomic mass is 35.5. The summed E-state index contributed by atoms with van der Waals surface area (Å²) in [5.74, 6) is -0.185. The lowest BCUT2D eigenvalue weighted by atomic mass is 10.1. The highest BCUT2D eigenvalue weighted by Gasteiger charge is 2.34. The maximum Gasteiger partial charge on any atom is 0.264 e. The molecule has 0 aliphatic heterocycles. The molecule has 0 radical (unpaired) electrons. The third kappa shape index (κ3) is 9.06. The van der Waals surface area contributed by atoms with Crippen molar-refractivity contribution in [2.24, 2.45) is 5.92 Å². The number of nitrogens with one attached hydrogen (secondary N) is 1. The van der Waals surface area contributed by atoms with Crippen molar-refractivity contribution in [3.63, 3.8) is 0 Å². The molecule has 12 heteroatoms. The summed E-state index contributed by atoms with van der Waals surface area (Å²) in [5, 5.41) is 3.57. The standard InChI is InChI=1S/C32H39Cl2N3O5S2/c1-6-30(32(39)35-19-22(3)4)36(20-27-28(33)9-8-10-29(27)34)31(38)21-37(23-11-13-24(14-12-23)42-7-2)44(40,41)26-17-15-25(43-5)16-18-26/h8-18,22,30H,6-7,19-21H2,1-5H3,(H,35,39)/t30-/m1/s1. The molecule has 3 aromatic rings. The van der Waals surface area contributed by atoms with Gasteiger partial charge in [0, 0.05) is 33.6 Å². The molecular weight excluding hydrogens is 641 g/mol. The molecule has 0 saturated carbocycles. The molecule has 3 rings (SSSR count). The molecule has 1 N–H and O–H groups in total. The van der Waals surface area contributed by atoms with E-state index in [1.54, 1.807) is 61.5 Å². The van der Waals surface area contributed by atoms with E-state index in [4.69, 9.17) is 27.9 Å². The number of amides is 2. The number of nitrogens with zero attached hydrogens (tertiary/aromatic N) is 2. The van der Waals surface area contributed by atoms with Crippen molar-refractivity contribution in [2.45, 2.75) is 56.5 Å². The van der Waals surface area contributed by atoms with Crippen LogP contribution in [0.4, 0.5) is 5.69 Å². The van der Waals surface area contributed by atoms with Crippen LogP contribution in [0.2, 0.25) is 10.0 Å². The summed E-state index contributed by atoms with van der Waals surface area (Å²) in [4.78, 5) is 30.0. The van der Waals surface area contributed by atoms with Gasteiger partial charge in [0.1, 0.15) is 18.3 Å². The van der Waals surface area contributed by atoms with Crippen LogP contribution in [0.3, 0.4) is 0 Å². The fourth-order valence-corrected chi connectivity index (χ4v) is 6.81. The summed E-state index contributed by atoms with van der Waals surface area (Å²) in [6, 6.07) is 17.0. The Balaban J connectivity index is 2.09. The molecule has 0 unspecified atom stereocenters. The van der Waals surface area contributed by atoms with E-state index >= 15 is 0 Å². The monoisotopic (exact) mass is 679 g/mol. The van der Waals surface area contributed by atoms with Crippen molar-refractivity contribution < 1.29 is 22.7 Å². The quantitative estimate of drug-likeness (QED) is 0.176. The fourth-order valence-electron chi connectivity index (χ4n) is 4.47. The lowest BCUT2D eigenvalue weighted by Gasteiger charge is -2.33. The number of hydrogen-bond donors (Lipinski definition) is 1. The summed E-state index contributed by atoms with van der Waals surface area (Å²) >= 11 is 14.5. The van der Waals surface area contributed by atoms with E-state index in [0.717, 1.165) is 9.20 Å². The first-order valence-electron chi connectivity index (χ1n) is 14.3. The molecule has 0 saturated heterocycles. The maximum atomic E-state index is 14.3. The van der Waals surface area contributed by atoms with Crippen molar-refractivity contribution in [3.8, 4) is 5.75 Å². The van der Waals surface area contributed by atoms with Gasteiger partial charge in [-0.3, -0.25) is 13.9 Å². The van der Waals surface area contributed by atoms with E-state index in [0.29, 0.717) is 34.5 Å². The number of sulfonamides is 1. The van der Waals surface area contributed by atoms with E-state index < -0.39 is 28.5 Å². The van der Waals surface area contributed by atoms with E-state index in [-0.39, 0.29) is 35.4 Å². The fraction of sp³-hybridized carbons (Fsp3) is 0.375. The second-order valence-electron chi connectivity index (χ2n) is 10.4. The van der Waals surface area contributed by atoms with Crippen LogP contribution in [0, 0.1) is 5.92 Å². The molecule has 8 nitrogen and oxygen atoms in total. The topological polar surface area (TPSA) is 96.0 Å².